The van der Waals surface area contributed by atoms with Crippen LogP contribution >= 0.6 is 0 Å². The van der Waals surface area contributed by atoms with Gasteiger partial charge in [-0.3, -0.25) is 4.79 Å². The molecule has 0 radical (unpaired) electrons. The predicted octanol–water partition coefficient (Wildman–Crippen LogP) is 6.09. The molecule has 1 aliphatic carbocycles. The van der Waals surface area contributed by atoms with Crippen molar-refractivity contribution in [3.05, 3.63) is 48.6 Å². The molecule has 0 saturated carbocycles. The topological polar surface area (TPSA) is 17.1 Å². The van der Waals surface area contributed by atoms with Crippen LogP contribution in [0.2, 0.25) is 0 Å². The van der Waals surface area contributed by atoms with Crippen molar-refractivity contribution in [2.75, 3.05) is 0 Å². The number of ketones is 1. The molecule has 0 aromatic heterocycles. The summed E-state index contributed by atoms with van der Waals surface area (Å²) >= 11 is 0. The van der Waals surface area contributed by atoms with Gasteiger partial charge in [0.15, 0.2) is 0 Å². The summed E-state index contributed by atoms with van der Waals surface area (Å²) in [6.07, 6.45) is 29.1. The zero-order valence-corrected chi connectivity index (χ0v) is 13.3. The minimum Gasteiger partial charge on any atom is -0.300 e. The molecule has 0 N–H and O–H groups in total. The molecule has 0 heterocycles. The molecule has 116 valence electrons. The summed E-state index contributed by atoms with van der Waals surface area (Å²) in [5.41, 5.74) is 0. The first-order valence-corrected chi connectivity index (χ1v) is 8.51. The lowest BCUT2D eigenvalue weighted by Gasteiger charge is -1.97. The van der Waals surface area contributed by atoms with Crippen LogP contribution in [0.15, 0.2) is 48.6 Å². The summed E-state index contributed by atoms with van der Waals surface area (Å²) in [5.74, 6) is 0.408. The number of rotatable bonds is 0. The summed E-state index contributed by atoms with van der Waals surface area (Å²) < 4.78 is 0. The Kier molecular flexibility index (Phi) is 11.5. The van der Waals surface area contributed by atoms with Gasteiger partial charge in [-0.25, -0.2) is 0 Å². The summed E-state index contributed by atoms with van der Waals surface area (Å²) in [7, 11) is 0. The van der Waals surface area contributed by atoms with Gasteiger partial charge >= 0.3 is 0 Å². The van der Waals surface area contributed by atoms with Gasteiger partial charge in [-0.1, -0.05) is 48.6 Å². The van der Waals surface area contributed by atoms with E-state index in [1.165, 1.54) is 0 Å². The normalized spacial score (nSPS) is 26.6. The molecule has 1 rings (SSSR count). The van der Waals surface area contributed by atoms with Crippen LogP contribution in [0.5, 0.6) is 0 Å². The van der Waals surface area contributed by atoms with Gasteiger partial charge in [0.1, 0.15) is 5.78 Å². The van der Waals surface area contributed by atoms with Gasteiger partial charge in [-0.05, 0) is 57.8 Å². The van der Waals surface area contributed by atoms with E-state index in [1.54, 1.807) is 0 Å². The van der Waals surface area contributed by atoms with Gasteiger partial charge < -0.3 is 0 Å². The van der Waals surface area contributed by atoms with Crippen LogP contribution in [-0.2, 0) is 4.79 Å². The minimum atomic E-state index is 0.408. The van der Waals surface area contributed by atoms with E-state index in [-0.39, 0.29) is 0 Å². The van der Waals surface area contributed by atoms with Crippen molar-refractivity contribution in [1.29, 1.82) is 0 Å². The molecule has 1 aliphatic rings. The lowest BCUT2D eigenvalue weighted by Crippen LogP contribution is -1.96. The van der Waals surface area contributed by atoms with Gasteiger partial charge in [0.05, 0.1) is 0 Å². The van der Waals surface area contributed by atoms with Crippen LogP contribution in [0.3, 0.4) is 0 Å². The maximum atomic E-state index is 11.7. The highest BCUT2D eigenvalue weighted by atomic mass is 16.1. The highest BCUT2D eigenvalue weighted by molar-refractivity contribution is 5.78. The lowest BCUT2D eigenvalue weighted by atomic mass is 10.1. The Morgan fingerprint density at radius 2 is 0.857 bits per heavy atom. The molecule has 0 saturated heterocycles. The number of allylic oxidation sites excluding steroid dienone is 8. The monoisotopic (exact) mass is 286 g/mol. The fourth-order valence-corrected chi connectivity index (χ4v) is 2.31. The maximum absolute atomic E-state index is 11.7. The Morgan fingerprint density at radius 1 is 0.476 bits per heavy atom. The third kappa shape index (κ3) is 12.1. The highest BCUT2D eigenvalue weighted by Gasteiger charge is 1.98. The molecule has 0 unspecified atom stereocenters. The third-order valence-corrected chi connectivity index (χ3v) is 3.58. The van der Waals surface area contributed by atoms with Crippen LogP contribution in [-0.4, -0.2) is 5.78 Å². The van der Waals surface area contributed by atoms with Crippen molar-refractivity contribution >= 4 is 5.78 Å². The molecule has 0 bridgehead atoms. The Labute approximate surface area is 130 Å². The van der Waals surface area contributed by atoms with E-state index >= 15 is 0 Å². The summed E-state index contributed by atoms with van der Waals surface area (Å²) in [6, 6.07) is 0. The standard InChI is InChI=1S/C20H30O/c21-20-18-16-14-12-10-8-6-4-2-1-3-5-7-9-11-13-15-17-19-20/h2,4-5,7,10,12-13,15H,1,3,6,8-9,11,14,16-19H2/b4-2-,7-5+,12-10+,15-13+. The second-order valence-corrected chi connectivity index (χ2v) is 5.59. The summed E-state index contributed by atoms with van der Waals surface area (Å²) in [6.45, 7) is 0. The number of carbonyl (C=O) groups is 1. The average molecular weight is 286 g/mol. The largest absolute Gasteiger partial charge is 0.300 e. The van der Waals surface area contributed by atoms with E-state index in [1.807, 2.05) is 0 Å². The number of hydrogen-bond acceptors (Lipinski definition) is 1. The van der Waals surface area contributed by atoms with Crippen LogP contribution in [0.25, 0.3) is 0 Å². The highest BCUT2D eigenvalue weighted by Crippen LogP contribution is 2.06. The molecule has 0 spiro atoms. The first-order valence-electron chi connectivity index (χ1n) is 8.51. The van der Waals surface area contributed by atoms with E-state index in [2.05, 4.69) is 48.6 Å². The number of Topliss-reactive ketones (excluding diaryl/α,β-unsaturated/α-hetero) is 1. The second kappa shape index (κ2) is 13.6. The Bertz CT molecular complexity index is 371. The second-order valence-electron chi connectivity index (χ2n) is 5.59. The smallest absolute Gasteiger partial charge is 0.133 e. The van der Waals surface area contributed by atoms with Gasteiger partial charge in [0, 0.05) is 12.8 Å². The molecular formula is C20H30O. The third-order valence-electron chi connectivity index (χ3n) is 3.58. The van der Waals surface area contributed by atoms with Crippen LogP contribution in [0, 0.1) is 0 Å². The Balaban J connectivity index is 2.32. The maximum Gasteiger partial charge on any atom is 0.133 e. The summed E-state index contributed by atoms with van der Waals surface area (Å²) in [5, 5.41) is 0. The molecule has 21 heavy (non-hydrogen) atoms. The van der Waals surface area contributed by atoms with Crippen LogP contribution in [0.4, 0.5) is 0 Å². The quantitative estimate of drug-likeness (QED) is 0.493. The van der Waals surface area contributed by atoms with Crippen molar-refractivity contribution in [1.82, 2.24) is 0 Å². The molecule has 1 nitrogen and oxygen atoms in total. The van der Waals surface area contributed by atoms with Crippen molar-refractivity contribution in [3.8, 4) is 0 Å². The van der Waals surface area contributed by atoms with Crippen molar-refractivity contribution in [2.45, 2.75) is 70.6 Å². The van der Waals surface area contributed by atoms with Gasteiger partial charge in [0.2, 0.25) is 0 Å². The van der Waals surface area contributed by atoms with Gasteiger partial charge in [-0.2, -0.15) is 0 Å². The SMILES string of the molecule is O=C1CC/C=C/CC/C=C/CC/C=C\CC/C=C/CCC1. The van der Waals surface area contributed by atoms with Crippen molar-refractivity contribution < 1.29 is 4.79 Å². The molecule has 0 fully saturated rings. The van der Waals surface area contributed by atoms with E-state index in [0.717, 1.165) is 64.2 Å². The fraction of sp³-hybridized carbons (Fsp3) is 0.550. The minimum absolute atomic E-state index is 0.408. The van der Waals surface area contributed by atoms with E-state index in [9.17, 15) is 4.79 Å². The van der Waals surface area contributed by atoms with Crippen molar-refractivity contribution in [3.63, 3.8) is 0 Å². The molecule has 0 aliphatic heterocycles. The molecule has 0 aromatic carbocycles. The van der Waals surface area contributed by atoms with Crippen LogP contribution < -0.4 is 0 Å². The molecule has 0 aromatic rings. The zero-order chi connectivity index (χ0) is 15.0. The van der Waals surface area contributed by atoms with Gasteiger partial charge in [0.25, 0.3) is 0 Å². The van der Waals surface area contributed by atoms with Crippen LogP contribution in [0.1, 0.15) is 70.6 Å². The van der Waals surface area contributed by atoms with E-state index in [0.29, 0.717) is 12.2 Å². The fourth-order valence-electron chi connectivity index (χ4n) is 2.31. The first-order chi connectivity index (χ1) is 10.4. The Hall–Kier alpha value is -1.37. The van der Waals surface area contributed by atoms with Crippen molar-refractivity contribution in [2.24, 2.45) is 0 Å². The molecular weight excluding hydrogens is 256 g/mol. The Morgan fingerprint density at radius 3 is 1.33 bits per heavy atom. The zero-order valence-electron chi connectivity index (χ0n) is 13.3. The summed E-state index contributed by atoms with van der Waals surface area (Å²) in [4.78, 5) is 11.7. The molecule has 0 atom stereocenters. The molecule has 0 amide bonds. The predicted molar refractivity (Wildman–Crippen MR) is 92.4 cm³/mol. The number of carbonyl (C=O) groups excluding carboxylic acids is 1. The van der Waals surface area contributed by atoms with E-state index in [4.69, 9.17) is 0 Å². The van der Waals surface area contributed by atoms with Gasteiger partial charge in [-0.15, -0.1) is 0 Å². The first kappa shape index (κ1) is 17.7. The molecule has 1 heteroatoms. The average Bonchev–Trinajstić information content (AvgIpc) is 2.48. The number of hydrogen-bond donors (Lipinski definition) is 0. The van der Waals surface area contributed by atoms with E-state index < -0.39 is 0 Å². The lowest BCUT2D eigenvalue weighted by molar-refractivity contribution is -0.119.